The Morgan fingerprint density at radius 1 is 1.22 bits per heavy atom. The zero-order valence-corrected chi connectivity index (χ0v) is 11.8. The zero-order valence-electron chi connectivity index (χ0n) is 9.38. The molecule has 0 aliphatic heterocycles. The van der Waals surface area contributed by atoms with E-state index in [2.05, 4.69) is 4.98 Å². The first-order valence-electron chi connectivity index (χ1n) is 4.82. The topological polar surface area (TPSA) is 48.1 Å². The number of hydrogen-bond donors (Lipinski definition) is 1. The number of nitrogens with zero attached hydrogens (tertiary/aromatic N) is 1. The summed E-state index contributed by atoms with van der Waals surface area (Å²) in [5.74, 6) is 0.625. The highest BCUT2D eigenvalue weighted by Gasteiger charge is 2.02. The summed E-state index contributed by atoms with van der Waals surface area (Å²) in [6, 6.07) is 8.99. The van der Waals surface area contributed by atoms with E-state index in [0.29, 0.717) is 23.1 Å². The number of nitrogen functional groups attached to an aromatic ring is 1. The summed E-state index contributed by atoms with van der Waals surface area (Å²) < 4.78 is 5.55. The van der Waals surface area contributed by atoms with Crippen LogP contribution in [-0.2, 0) is 6.61 Å². The van der Waals surface area contributed by atoms with Gasteiger partial charge < -0.3 is 10.5 Å². The average molecular weight is 308 g/mol. The minimum atomic E-state index is 0. The van der Waals surface area contributed by atoms with Gasteiger partial charge in [-0.05, 0) is 24.3 Å². The van der Waals surface area contributed by atoms with Gasteiger partial charge in [0, 0.05) is 23.6 Å². The van der Waals surface area contributed by atoms with E-state index in [4.69, 9.17) is 22.1 Å². The van der Waals surface area contributed by atoms with E-state index in [1.54, 1.807) is 30.6 Å². The predicted molar refractivity (Wildman–Crippen MR) is 78.9 cm³/mol. The third-order valence-electron chi connectivity index (χ3n) is 2.07. The van der Waals surface area contributed by atoms with Crippen LogP contribution >= 0.6 is 36.4 Å². The first-order chi connectivity index (χ1) is 7.75. The van der Waals surface area contributed by atoms with Crippen molar-refractivity contribution in [2.24, 2.45) is 0 Å². The van der Waals surface area contributed by atoms with Crippen molar-refractivity contribution in [2.45, 2.75) is 6.61 Å². The van der Waals surface area contributed by atoms with Crippen LogP contribution in [0.15, 0.2) is 42.7 Å². The molecule has 0 bridgehead atoms. The molecule has 1 heterocycles. The highest BCUT2D eigenvalue weighted by atomic mass is 35.5. The molecule has 18 heavy (non-hydrogen) atoms. The van der Waals surface area contributed by atoms with Gasteiger partial charge in [0.15, 0.2) is 0 Å². The van der Waals surface area contributed by atoms with Gasteiger partial charge in [0.25, 0.3) is 0 Å². The summed E-state index contributed by atoms with van der Waals surface area (Å²) in [4.78, 5) is 4.00. The Kier molecular flexibility index (Phi) is 7.51. The lowest BCUT2D eigenvalue weighted by molar-refractivity contribution is 0.306. The molecule has 0 amide bonds. The van der Waals surface area contributed by atoms with Crippen LogP contribution in [0, 0.1) is 0 Å². The van der Waals surface area contributed by atoms with Crippen LogP contribution in [0.2, 0.25) is 5.02 Å². The molecule has 6 heteroatoms. The zero-order chi connectivity index (χ0) is 11.4. The van der Waals surface area contributed by atoms with Crippen molar-refractivity contribution in [1.29, 1.82) is 0 Å². The molecule has 0 aliphatic carbocycles. The molecule has 0 saturated carbocycles. The monoisotopic (exact) mass is 306 g/mol. The lowest BCUT2D eigenvalue weighted by Crippen LogP contribution is -1.96. The molecule has 0 spiro atoms. The first-order valence-corrected chi connectivity index (χ1v) is 5.20. The molecule has 2 N–H and O–H groups in total. The Morgan fingerprint density at radius 3 is 2.61 bits per heavy atom. The van der Waals surface area contributed by atoms with Gasteiger partial charge >= 0.3 is 0 Å². The molecule has 2 aromatic rings. The molecule has 0 saturated heterocycles. The van der Waals surface area contributed by atoms with E-state index in [0.717, 1.165) is 5.56 Å². The van der Waals surface area contributed by atoms with Crippen LogP contribution in [0.5, 0.6) is 5.75 Å². The van der Waals surface area contributed by atoms with Crippen molar-refractivity contribution in [3.05, 3.63) is 53.3 Å². The molecule has 2 rings (SSSR count). The standard InChI is InChI=1S/C12H11ClN2O.2ClH/c13-11-6-10(14)3-4-12(11)16-8-9-2-1-5-15-7-9;;/h1-7H,8,14H2;2*1H. The number of halogens is 3. The summed E-state index contributed by atoms with van der Waals surface area (Å²) >= 11 is 5.98. The highest BCUT2D eigenvalue weighted by Crippen LogP contribution is 2.26. The molecule has 0 radical (unpaired) electrons. The number of ether oxygens (including phenoxy) is 1. The van der Waals surface area contributed by atoms with Crippen molar-refractivity contribution >= 4 is 42.1 Å². The van der Waals surface area contributed by atoms with Crippen molar-refractivity contribution in [1.82, 2.24) is 4.98 Å². The van der Waals surface area contributed by atoms with Crippen LogP contribution < -0.4 is 10.5 Å². The number of rotatable bonds is 3. The van der Waals surface area contributed by atoms with E-state index in [1.807, 2.05) is 12.1 Å². The first kappa shape index (κ1) is 16.8. The van der Waals surface area contributed by atoms with E-state index in [-0.39, 0.29) is 24.8 Å². The molecule has 0 unspecified atom stereocenters. The molecule has 1 aromatic heterocycles. The lowest BCUT2D eigenvalue weighted by atomic mass is 10.3. The van der Waals surface area contributed by atoms with Gasteiger partial charge in [-0.25, -0.2) is 0 Å². The SMILES string of the molecule is Cl.Cl.Nc1ccc(OCc2cccnc2)c(Cl)c1. The van der Waals surface area contributed by atoms with Gasteiger partial charge in [0.1, 0.15) is 12.4 Å². The summed E-state index contributed by atoms with van der Waals surface area (Å²) in [5, 5.41) is 0.517. The number of benzene rings is 1. The Bertz CT molecular complexity index is 480. The lowest BCUT2D eigenvalue weighted by Gasteiger charge is -2.08. The second-order valence-corrected chi connectivity index (χ2v) is 3.75. The Balaban J connectivity index is 0.00000144. The Labute approximate surface area is 123 Å². The van der Waals surface area contributed by atoms with Crippen LogP contribution in [-0.4, -0.2) is 4.98 Å². The third-order valence-corrected chi connectivity index (χ3v) is 2.37. The molecule has 0 atom stereocenters. The highest BCUT2D eigenvalue weighted by molar-refractivity contribution is 6.32. The maximum Gasteiger partial charge on any atom is 0.138 e. The second-order valence-electron chi connectivity index (χ2n) is 3.34. The number of anilines is 1. The fourth-order valence-corrected chi connectivity index (χ4v) is 1.52. The van der Waals surface area contributed by atoms with Gasteiger partial charge in [-0.15, -0.1) is 24.8 Å². The smallest absolute Gasteiger partial charge is 0.138 e. The number of nitrogens with two attached hydrogens (primary N) is 1. The normalized spacial score (nSPS) is 8.94. The van der Waals surface area contributed by atoms with Gasteiger partial charge in [0.2, 0.25) is 0 Å². The fraction of sp³-hybridized carbons (Fsp3) is 0.0833. The van der Waals surface area contributed by atoms with Crippen LogP contribution in [0.4, 0.5) is 5.69 Å². The maximum atomic E-state index is 5.98. The third kappa shape index (κ3) is 4.61. The summed E-state index contributed by atoms with van der Waals surface area (Å²) in [7, 11) is 0. The van der Waals surface area contributed by atoms with Gasteiger partial charge in [-0.3, -0.25) is 4.98 Å². The van der Waals surface area contributed by atoms with Crippen molar-refractivity contribution < 1.29 is 4.74 Å². The van der Waals surface area contributed by atoms with Gasteiger partial charge in [-0.1, -0.05) is 17.7 Å². The number of hydrogen-bond acceptors (Lipinski definition) is 3. The number of pyridine rings is 1. The summed E-state index contributed by atoms with van der Waals surface area (Å²) in [5.41, 5.74) is 7.20. The fourth-order valence-electron chi connectivity index (χ4n) is 1.28. The van der Waals surface area contributed by atoms with E-state index < -0.39 is 0 Å². The molecule has 98 valence electrons. The molecular weight excluding hydrogens is 295 g/mol. The maximum absolute atomic E-state index is 5.98. The summed E-state index contributed by atoms with van der Waals surface area (Å²) in [6.07, 6.45) is 3.48. The molecular formula is C12H13Cl3N2O. The Morgan fingerprint density at radius 2 is 2.00 bits per heavy atom. The summed E-state index contributed by atoms with van der Waals surface area (Å²) in [6.45, 7) is 0.442. The predicted octanol–water partition coefficient (Wildman–Crippen LogP) is 3.74. The minimum Gasteiger partial charge on any atom is -0.487 e. The number of aromatic nitrogens is 1. The van der Waals surface area contributed by atoms with E-state index in [1.165, 1.54) is 0 Å². The second kappa shape index (κ2) is 8.03. The quantitative estimate of drug-likeness (QED) is 0.879. The van der Waals surface area contributed by atoms with Crippen molar-refractivity contribution in [3.63, 3.8) is 0 Å². The molecule has 0 fully saturated rings. The molecule has 3 nitrogen and oxygen atoms in total. The van der Waals surface area contributed by atoms with Crippen LogP contribution in [0.25, 0.3) is 0 Å². The Hall–Kier alpha value is -1.16. The van der Waals surface area contributed by atoms with Crippen LogP contribution in [0.3, 0.4) is 0 Å². The van der Waals surface area contributed by atoms with Crippen molar-refractivity contribution in [3.8, 4) is 5.75 Å². The van der Waals surface area contributed by atoms with Crippen LogP contribution in [0.1, 0.15) is 5.56 Å². The van der Waals surface area contributed by atoms with Crippen molar-refractivity contribution in [2.75, 3.05) is 5.73 Å². The minimum absolute atomic E-state index is 0. The van der Waals surface area contributed by atoms with Gasteiger partial charge in [-0.2, -0.15) is 0 Å². The molecule has 1 aromatic carbocycles. The van der Waals surface area contributed by atoms with E-state index in [9.17, 15) is 0 Å². The van der Waals surface area contributed by atoms with Gasteiger partial charge in [0.05, 0.1) is 5.02 Å². The molecule has 0 aliphatic rings. The van der Waals surface area contributed by atoms with E-state index >= 15 is 0 Å². The largest absolute Gasteiger partial charge is 0.487 e. The average Bonchev–Trinajstić information content (AvgIpc) is 2.29.